The van der Waals surface area contributed by atoms with Gasteiger partial charge in [-0.15, -0.1) is 0 Å². The Morgan fingerprint density at radius 1 is 1.25 bits per heavy atom. The summed E-state index contributed by atoms with van der Waals surface area (Å²) >= 11 is 3.35. The van der Waals surface area contributed by atoms with E-state index in [1.54, 1.807) is 19.1 Å². The first-order valence-electron chi connectivity index (χ1n) is 7.24. The van der Waals surface area contributed by atoms with Gasteiger partial charge in [0.15, 0.2) is 18.1 Å². The van der Waals surface area contributed by atoms with E-state index in [0.717, 1.165) is 10.0 Å². The molecule has 0 unspecified atom stereocenters. The minimum absolute atomic E-state index is 0.172. The van der Waals surface area contributed by atoms with Gasteiger partial charge in [0.25, 0.3) is 5.91 Å². The fourth-order valence-corrected chi connectivity index (χ4v) is 2.52. The third kappa shape index (κ3) is 4.05. The maximum Gasteiger partial charge on any atom is 0.265 e. The second-order valence-corrected chi connectivity index (χ2v) is 5.99. The van der Waals surface area contributed by atoms with E-state index in [1.807, 2.05) is 30.3 Å². The molecule has 7 heteroatoms. The van der Waals surface area contributed by atoms with Crippen molar-refractivity contribution in [1.29, 1.82) is 0 Å². The first-order chi connectivity index (χ1) is 11.6. The van der Waals surface area contributed by atoms with Gasteiger partial charge in [-0.2, -0.15) is 0 Å². The summed E-state index contributed by atoms with van der Waals surface area (Å²) in [6.07, 6.45) is 0. The second-order valence-electron chi connectivity index (χ2n) is 5.08. The van der Waals surface area contributed by atoms with Gasteiger partial charge in [0.05, 0.1) is 5.71 Å². The van der Waals surface area contributed by atoms with Crippen molar-refractivity contribution in [3.8, 4) is 11.5 Å². The maximum absolute atomic E-state index is 11.8. The zero-order valence-electron chi connectivity index (χ0n) is 12.9. The van der Waals surface area contributed by atoms with Crippen LogP contribution in [0.2, 0.25) is 0 Å². The molecule has 0 aliphatic carbocycles. The number of fused-ring (bicyclic) bond motifs is 1. The molecule has 1 aliphatic rings. The third-order valence-electron chi connectivity index (χ3n) is 3.30. The number of carbonyl (C=O) groups is 1. The Bertz CT molecular complexity index is 792. The maximum atomic E-state index is 11.8. The summed E-state index contributed by atoms with van der Waals surface area (Å²) in [7, 11) is 0. The van der Waals surface area contributed by atoms with Gasteiger partial charge >= 0.3 is 0 Å². The number of hydrogen-bond donors (Lipinski definition) is 1. The van der Waals surface area contributed by atoms with Gasteiger partial charge < -0.3 is 19.6 Å². The van der Waals surface area contributed by atoms with Crippen molar-refractivity contribution in [2.45, 2.75) is 6.92 Å². The van der Waals surface area contributed by atoms with Crippen molar-refractivity contribution in [2.24, 2.45) is 5.16 Å². The smallest absolute Gasteiger partial charge is 0.265 e. The summed E-state index contributed by atoms with van der Waals surface area (Å²) in [5, 5.41) is 6.70. The largest absolute Gasteiger partial charge is 0.454 e. The lowest BCUT2D eigenvalue weighted by Gasteiger charge is -2.06. The van der Waals surface area contributed by atoms with Crippen LogP contribution in [0.1, 0.15) is 12.5 Å². The Balaban J connectivity index is 1.54. The second kappa shape index (κ2) is 7.35. The number of hydrogen-bond acceptors (Lipinski definition) is 5. The highest BCUT2D eigenvalue weighted by molar-refractivity contribution is 9.10. The van der Waals surface area contributed by atoms with Crippen LogP contribution in [0.25, 0.3) is 0 Å². The normalized spacial score (nSPS) is 12.8. The van der Waals surface area contributed by atoms with Crippen molar-refractivity contribution < 1.29 is 19.1 Å². The molecule has 24 heavy (non-hydrogen) atoms. The molecule has 0 saturated carbocycles. The van der Waals surface area contributed by atoms with Gasteiger partial charge in [-0.3, -0.25) is 4.79 Å². The van der Waals surface area contributed by atoms with Crippen LogP contribution >= 0.6 is 15.9 Å². The molecule has 0 fully saturated rings. The van der Waals surface area contributed by atoms with E-state index in [2.05, 4.69) is 26.4 Å². The molecule has 1 amide bonds. The highest BCUT2D eigenvalue weighted by Crippen LogP contribution is 2.32. The molecule has 0 atom stereocenters. The van der Waals surface area contributed by atoms with Crippen LogP contribution in [-0.4, -0.2) is 25.0 Å². The lowest BCUT2D eigenvalue weighted by Crippen LogP contribution is -2.17. The molecule has 2 aromatic rings. The van der Waals surface area contributed by atoms with Crippen LogP contribution < -0.4 is 14.8 Å². The minimum Gasteiger partial charge on any atom is -0.454 e. The van der Waals surface area contributed by atoms with Crippen molar-refractivity contribution >= 4 is 33.2 Å². The van der Waals surface area contributed by atoms with Crippen LogP contribution in [0, 0.1) is 0 Å². The Labute approximate surface area is 147 Å². The molecule has 0 bridgehead atoms. The summed E-state index contributed by atoms with van der Waals surface area (Å²) in [5.74, 6) is 1.10. The van der Waals surface area contributed by atoms with Crippen molar-refractivity contribution in [1.82, 2.24) is 0 Å². The zero-order valence-corrected chi connectivity index (χ0v) is 14.5. The van der Waals surface area contributed by atoms with E-state index in [9.17, 15) is 4.79 Å². The average molecular weight is 391 g/mol. The fraction of sp³-hybridized carbons (Fsp3) is 0.176. The highest BCUT2D eigenvalue weighted by Gasteiger charge is 2.14. The molecular weight excluding hydrogens is 376 g/mol. The lowest BCUT2D eigenvalue weighted by molar-refractivity contribution is -0.120. The summed E-state index contributed by atoms with van der Waals surface area (Å²) in [6.45, 7) is 1.85. The number of amides is 1. The molecule has 2 aromatic carbocycles. The Kier molecular flexibility index (Phi) is 5.00. The molecule has 6 nitrogen and oxygen atoms in total. The molecule has 1 aliphatic heterocycles. The molecule has 0 radical (unpaired) electrons. The number of oxime groups is 1. The Hall–Kier alpha value is -2.54. The molecule has 0 spiro atoms. The predicted molar refractivity (Wildman–Crippen MR) is 93.5 cm³/mol. The number of ether oxygens (including phenoxy) is 2. The molecule has 124 valence electrons. The number of nitrogens with one attached hydrogen (secondary N) is 1. The van der Waals surface area contributed by atoms with Crippen LogP contribution in [0.3, 0.4) is 0 Å². The summed E-state index contributed by atoms with van der Waals surface area (Å²) in [6, 6.07) is 12.8. The minimum atomic E-state index is -0.282. The molecule has 1 N–H and O–H groups in total. The average Bonchev–Trinajstić information content (AvgIpc) is 3.02. The van der Waals surface area contributed by atoms with Crippen LogP contribution in [0.5, 0.6) is 11.5 Å². The SMILES string of the molecule is C/C(=N\OCC(=O)Nc1cccc(Br)c1)c1ccc2c(c1)OCO2. The van der Waals surface area contributed by atoms with Crippen molar-refractivity contribution in [3.63, 3.8) is 0 Å². The molecular formula is C17H15BrN2O4. The molecule has 1 heterocycles. The number of benzene rings is 2. The predicted octanol–water partition coefficient (Wildman–Crippen LogP) is 3.56. The number of anilines is 1. The number of rotatable bonds is 5. The Morgan fingerprint density at radius 3 is 2.92 bits per heavy atom. The van der Waals surface area contributed by atoms with Crippen LogP contribution in [0.4, 0.5) is 5.69 Å². The number of halogens is 1. The molecule has 0 aromatic heterocycles. The van der Waals surface area contributed by atoms with Gasteiger partial charge in [-0.25, -0.2) is 0 Å². The van der Waals surface area contributed by atoms with Crippen molar-refractivity contribution in [2.75, 3.05) is 18.7 Å². The molecule has 3 rings (SSSR count). The van der Waals surface area contributed by atoms with Gasteiger partial charge in [0.1, 0.15) is 0 Å². The summed E-state index contributed by atoms with van der Waals surface area (Å²) in [4.78, 5) is 17.0. The van der Waals surface area contributed by atoms with Gasteiger partial charge in [0, 0.05) is 15.7 Å². The van der Waals surface area contributed by atoms with E-state index in [-0.39, 0.29) is 19.3 Å². The van der Waals surface area contributed by atoms with Crippen LogP contribution in [0.15, 0.2) is 52.1 Å². The van der Waals surface area contributed by atoms with Gasteiger partial charge in [-0.1, -0.05) is 27.2 Å². The monoisotopic (exact) mass is 390 g/mol. The molecule has 0 saturated heterocycles. The Morgan fingerprint density at radius 2 is 2.08 bits per heavy atom. The standard InChI is InChI=1S/C17H15BrN2O4/c1-11(12-5-6-15-16(7-12)23-10-22-15)20-24-9-17(21)19-14-4-2-3-13(18)8-14/h2-8H,9-10H2,1H3,(H,19,21)/b20-11+. The van der Waals surface area contributed by atoms with E-state index >= 15 is 0 Å². The summed E-state index contributed by atoms with van der Waals surface area (Å²) < 4.78 is 11.5. The summed E-state index contributed by atoms with van der Waals surface area (Å²) in [5.41, 5.74) is 2.17. The van der Waals surface area contributed by atoms with E-state index in [1.165, 1.54) is 0 Å². The van der Waals surface area contributed by atoms with E-state index in [0.29, 0.717) is 22.9 Å². The first kappa shape index (κ1) is 16.3. The quantitative estimate of drug-likeness (QED) is 0.625. The topological polar surface area (TPSA) is 69.2 Å². The van der Waals surface area contributed by atoms with E-state index < -0.39 is 0 Å². The fourth-order valence-electron chi connectivity index (χ4n) is 2.13. The van der Waals surface area contributed by atoms with E-state index in [4.69, 9.17) is 14.3 Å². The zero-order chi connectivity index (χ0) is 16.9. The third-order valence-corrected chi connectivity index (χ3v) is 3.79. The van der Waals surface area contributed by atoms with Gasteiger partial charge in [0.2, 0.25) is 6.79 Å². The highest BCUT2D eigenvalue weighted by atomic mass is 79.9. The van der Waals surface area contributed by atoms with Crippen LogP contribution in [-0.2, 0) is 9.63 Å². The van der Waals surface area contributed by atoms with Crippen molar-refractivity contribution in [3.05, 3.63) is 52.5 Å². The lowest BCUT2D eigenvalue weighted by atomic mass is 10.1. The first-order valence-corrected chi connectivity index (χ1v) is 8.03. The number of carbonyl (C=O) groups excluding carboxylic acids is 1. The number of nitrogens with zero attached hydrogens (tertiary/aromatic N) is 1. The van der Waals surface area contributed by atoms with Gasteiger partial charge in [-0.05, 0) is 43.3 Å².